The van der Waals surface area contributed by atoms with Crippen molar-refractivity contribution >= 4 is 17.5 Å². The van der Waals surface area contributed by atoms with Crippen molar-refractivity contribution in [3.63, 3.8) is 0 Å². The summed E-state index contributed by atoms with van der Waals surface area (Å²) in [5.74, 6) is 1.11. The van der Waals surface area contributed by atoms with E-state index in [4.69, 9.17) is 0 Å². The Morgan fingerprint density at radius 3 is 2.68 bits per heavy atom. The van der Waals surface area contributed by atoms with Crippen molar-refractivity contribution < 1.29 is 4.79 Å². The molecule has 0 aromatic carbocycles. The van der Waals surface area contributed by atoms with Gasteiger partial charge in [0.2, 0.25) is 0 Å². The number of carbonyl (C=O) groups excluding carboxylic acids is 1. The van der Waals surface area contributed by atoms with Crippen LogP contribution in [-0.2, 0) is 0 Å². The molecule has 3 rings (SSSR count). The van der Waals surface area contributed by atoms with Crippen molar-refractivity contribution in [2.45, 2.75) is 18.9 Å². The first-order valence-corrected chi connectivity index (χ1v) is 6.26. The van der Waals surface area contributed by atoms with Gasteiger partial charge in [0.15, 0.2) is 0 Å². The van der Waals surface area contributed by atoms with E-state index in [1.54, 1.807) is 36.7 Å². The normalized spacial score (nSPS) is 13.9. The van der Waals surface area contributed by atoms with E-state index in [1.807, 2.05) is 6.07 Å². The molecule has 0 bridgehead atoms. The molecule has 0 atom stereocenters. The highest BCUT2D eigenvalue weighted by atomic mass is 16.1. The average molecular weight is 254 g/mol. The minimum absolute atomic E-state index is 0.181. The molecule has 2 aromatic heterocycles. The molecule has 96 valence electrons. The van der Waals surface area contributed by atoms with Crippen molar-refractivity contribution in [1.82, 2.24) is 9.97 Å². The van der Waals surface area contributed by atoms with Crippen LogP contribution in [-0.4, -0.2) is 21.9 Å². The molecule has 0 saturated heterocycles. The Morgan fingerprint density at radius 1 is 1.11 bits per heavy atom. The Balaban J connectivity index is 1.72. The van der Waals surface area contributed by atoms with E-state index in [9.17, 15) is 4.79 Å². The lowest BCUT2D eigenvalue weighted by atomic mass is 10.2. The zero-order valence-electron chi connectivity index (χ0n) is 10.3. The zero-order valence-corrected chi connectivity index (χ0v) is 10.3. The molecule has 19 heavy (non-hydrogen) atoms. The fourth-order valence-electron chi connectivity index (χ4n) is 1.71. The van der Waals surface area contributed by atoms with Gasteiger partial charge in [-0.3, -0.25) is 4.79 Å². The topological polar surface area (TPSA) is 66.9 Å². The summed E-state index contributed by atoms with van der Waals surface area (Å²) >= 11 is 0. The standard InChI is InChI=1S/C14H14N4O/c19-14(18-12-3-1-2-7-15-12)10-6-8-16-13(9-10)17-11-4-5-11/h1-3,6-9,11H,4-5H2,(H,16,17)(H,15,18,19). The van der Waals surface area contributed by atoms with E-state index < -0.39 is 0 Å². The largest absolute Gasteiger partial charge is 0.367 e. The van der Waals surface area contributed by atoms with Crippen LogP contribution in [0.4, 0.5) is 11.6 Å². The molecule has 0 spiro atoms. The second-order valence-corrected chi connectivity index (χ2v) is 4.52. The summed E-state index contributed by atoms with van der Waals surface area (Å²) in [6, 6.07) is 9.35. The Hall–Kier alpha value is -2.43. The summed E-state index contributed by atoms with van der Waals surface area (Å²) in [4.78, 5) is 20.3. The third-order valence-corrected chi connectivity index (χ3v) is 2.86. The van der Waals surface area contributed by atoms with E-state index in [-0.39, 0.29) is 5.91 Å². The summed E-state index contributed by atoms with van der Waals surface area (Å²) in [6.07, 6.45) is 5.62. The number of pyridine rings is 2. The first kappa shape index (κ1) is 11.6. The fourth-order valence-corrected chi connectivity index (χ4v) is 1.71. The van der Waals surface area contributed by atoms with Gasteiger partial charge in [0.1, 0.15) is 11.6 Å². The molecule has 1 fully saturated rings. The van der Waals surface area contributed by atoms with Crippen LogP contribution in [0.2, 0.25) is 0 Å². The highest BCUT2D eigenvalue weighted by Crippen LogP contribution is 2.23. The third kappa shape index (κ3) is 3.07. The van der Waals surface area contributed by atoms with Gasteiger partial charge in [0.05, 0.1) is 0 Å². The Kier molecular flexibility index (Phi) is 3.10. The molecular weight excluding hydrogens is 240 g/mol. The minimum Gasteiger partial charge on any atom is -0.367 e. The molecule has 1 saturated carbocycles. The summed E-state index contributed by atoms with van der Waals surface area (Å²) in [7, 11) is 0. The number of hydrogen-bond acceptors (Lipinski definition) is 4. The first-order valence-electron chi connectivity index (χ1n) is 6.26. The Morgan fingerprint density at radius 2 is 1.95 bits per heavy atom. The minimum atomic E-state index is -0.181. The maximum absolute atomic E-state index is 12.1. The molecular formula is C14H14N4O. The van der Waals surface area contributed by atoms with E-state index >= 15 is 0 Å². The lowest BCUT2D eigenvalue weighted by Crippen LogP contribution is -2.13. The molecule has 0 radical (unpaired) electrons. The number of aromatic nitrogens is 2. The quantitative estimate of drug-likeness (QED) is 0.878. The van der Waals surface area contributed by atoms with Crippen LogP contribution in [0.25, 0.3) is 0 Å². The second kappa shape index (κ2) is 5.06. The molecule has 1 aliphatic carbocycles. The summed E-state index contributed by atoms with van der Waals surface area (Å²) in [5, 5.41) is 6.02. The number of nitrogens with zero attached hydrogens (tertiary/aromatic N) is 2. The predicted molar refractivity (Wildman–Crippen MR) is 73.1 cm³/mol. The van der Waals surface area contributed by atoms with Gasteiger partial charge in [-0.05, 0) is 37.1 Å². The number of carbonyl (C=O) groups is 1. The van der Waals surface area contributed by atoms with Crippen LogP contribution in [0, 0.1) is 0 Å². The van der Waals surface area contributed by atoms with Crippen molar-refractivity contribution in [2.24, 2.45) is 0 Å². The molecule has 2 N–H and O–H groups in total. The van der Waals surface area contributed by atoms with Gasteiger partial charge >= 0.3 is 0 Å². The number of nitrogens with one attached hydrogen (secondary N) is 2. The van der Waals surface area contributed by atoms with Gasteiger partial charge in [0, 0.05) is 24.0 Å². The van der Waals surface area contributed by atoms with Crippen molar-refractivity contribution in [3.8, 4) is 0 Å². The number of anilines is 2. The van der Waals surface area contributed by atoms with Gasteiger partial charge in [-0.25, -0.2) is 9.97 Å². The van der Waals surface area contributed by atoms with E-state index in [2.05, 4.69) is 20.6 Å². The van der Waals surface area contributed by atoms with Gasteiger partial charge < -0.3 is 10.6 Å². The second-order valence-electron chi connectivity index (χ2n) is 4.52. The molecule has 2 heterocycles. The van der Waals surface area contributed by atoms with Gasteiger partial charge in [0.25, 0.3) is 5.91 Å². The lowest BCUT2D eigenvalue weighted by molar-refractivity contribution is 0.102. The van der Waals surface area contributed by atoms with Crippen LogP contribution >= 0.6 is 0 Å². The fraction of sp³-hybridized carbons (Fsp3) is 0.214. The van der Waals surface area contributed by atoms with Gasteiger partial charge in [-0.2, -0.15) is 0 Å². The molecule has 1 aliphatic rings. The molecule has 0 aliphatic heterocycles. The van der Waals surface area contributed by atoms with Crippen LogP contribution < -0.4 is 10.6 Å². The summed E-state index contributed by atoms with van der Waals surface area (Å²) < 4.78 is 0. The number of hydrogen-bond donors (Lipinski definition) is 2. The van der Waals surface area contributed by atoms with Crippen LogP contribution in [0.3, 0.4) is 0 Å². The van der Waals surface area contributed by atoms with E-state index in [1.165, 1.54) is 12.8 Å². The predicted octanol–water partition coefficient (Wildman–Crippen LogP) is 2.30. The van der Waals surface area contributed by atoms with Gasteiger partial charge in [-0.1, -0.05) is 6.07 Å². The first-order chi connectivity index (χ1) is 9.31. The molecule has 5 heteroatoms. The number of amides is 1. The SMILES string of the molecule is O=C(Nc1ccccn1)c1ccnc(NC2CC2)c1. The summed E-state index contributed by atoms with van der Waals surface area (Å²) in [6.45, 7) is 0. The summed E-state index contributed by atoms with van der Waals surface area (Å²) in [5.41, 5.74) is 0.573. The Bertz CT molecular complexity index is 581. The van der Waals surface area contributed by atoms with Crippen molar-refractivity contribution in [3.05, 3.63) is 48.3 Å². The van der Waals surface area contributed by atoms with E-state index in [0.717, 1.165) is 5.82 Å². The highest BCUT2D eigenvalue weighted by Gasteiger charge is 2.21. The number of rotatable bonds is 4. The molecule has 1 amide bonds. The molecule has 0 unspecified atom stereocenters. The third-order valence-electron chi connectivity index (χ3n) is 2.86. The van der Waals surface area contributed by atoms with Crippen molar-refractivity contribution in [1.29, 1.82) is 0 Å². The smallest absolute Gasteiger partial charge is 0.257 e. The lowest BCUT2D eigenvalue weighted by Gasteiger charge is -2.07. The average Bonchev–Trinajstić information content (AvgIpc) is 3.24. The van der Waals surface area contributed by atoms with Gasteiger partial charge in [-0.15, -0.1) is 0 Å². The van der Waals surface area contributed by atoms with E-state index in [0.29, 0.717) is 17.4 Å². The molecule has 2 aromatic rings. The van der Waals surface area contributed by atoms with Crippen LogP contribution in [0.15, 0.2) is 42.7 Å². The van der Waals surface area contributed by atoms with Crippen LogP contribution in [0.1, 0.15) is 23.2 Å². The Labute approximate surface area is 111 Å². The van der Waals surface area contributed by atoms with Crippen LogP contribution in [0.5, 0.6) is 0 Å². The molecule has 5 nitrogen and oxygen atoms in total. The van der Waals surface area contributed by atoms with Crippen molar-refractivity contribution in [2.75, 3.05) is 10.6 Å². The monoisotopic (exact) mass is 254 g/mol. The zero-order chi connectivity index (χ0) is 13.1. The highest BCUT2D eigenvalue weighted by molar-refractivity contribution is 6.04. The maximum Gasteiger partial charge on any atom is 0.257 e. The maximum atomic E-state index is 12.1.